The Morgan fingerprint density at radius 2 is 1.23 bits per heavy atom. The van der Waals surface area contributed by atoms with Crippen molar-refractivity contribution in [1.29, 1.82) is 0 Å². The third kappa shape index (κ3) is 4.34. The summed E-state index contributed by atoms with van der Waals surface area (Å²) >= 11 is 0. The van der Waals surface area contributed by atoms with Crippen LogP contribution in [0.4, 0.5) is 0 Å². The Morgan fingerprint density at radius 3 is 1.98 bits per heavy atom. The highest BCUT2D eigenvalue weighted by Gasteiger charge is 2.28. The standard InChI is InChI=1S/C43H34N2O3/c1-25(2)32-23-28(27-13-6-5-7-14-27)24-33(26(3)4)39(32)45-35-18-9-8-17-34(35)44-43(45)31-16-12-15-29-30-21-22-38-42(41(30)48-40(29)31)47-37-20-11-10-19-36(37)46-38/h5-26H,1-4H3. The second-order valence-electron chi connectivity index (χ2n) is 13.1. The summed E-state index contributed by atoms with van der Waals surface area (Å²) in [6.07, 6.45) is 0. The fraction of sp³-hybridized carbons (Fsp3) is 0.140. The molecule has 2 aromatic heterocycles. The van der Waals surface area contributed by atoms with Crippen molar-refractivity contribution in [3.05, 3.63) is 132 Å². The number of hydrogen-bond acceptors (Lipinski definition) is 4. The Kier molecular flexibility index (Phi) is 6.44. The Bertz CT molecular complexity index is 2490. The number of hydrogen-bond donors (Lipinski definition) is 0. The van der Waals surface area contributed by atoms with Crippen LogP contribution < -0.4 is 9.47 Å². The summed E-state index contributed by atoms with van der Waals surface area (Å²) in [7, 11) is 0. The van der Waals surface area contributed by atoms with Gasteiger partial charge in [0.25, 0.3) is 0 Å². The topological polar surface area (TPSA) is 49.4 Å². The lowest BCUT2D eigenvalue weighted by atomic mass is 9.88. The summed E-state index contributed by atoms with van der Waals surface area (Å²) in [6.45, 7) is 9.11. The van der Waals surface area contributed by atoms with Gasteiger partial charge in [0.1, 0.15) is 11.4 Å². The van der Waals surface area contributed by atoms with Crippen molar-refractivity contribution in [3.8, 4) is 51.2 Å². The maximum atomic E-state index is 6.81. The first-order chi connectivity index (χ1) is 23.5. The molecular formula is C43H34N2O3. The number of benzene rings is 6. The van der Waals surface area contributed by atoms with Gasteiger partial charge in [-0.1, -0.05) is 94.4 Å². The van der Waals surface area contributed by atoms with E-state index < -0.39 is 0 Å². The normalized spacial score (nSPS) is 12.5. The molecule has 0 saturated heterocycles. The number of aromatic nitrogens is 2. The zero-order valence-corrected chi connectivity index (χ0v) is 27.3. The van der Waals surface area contributed by atoms with E-state index >= 15 is 0 Å². The third-order valence-corrected chi connectivity index (χ3v) is 9.41. The van der Waals surface area contributed by atoms with Crippen molar-refractivity contribution < 1.29 is 13.9 Å². The fourth-order valence-corrected chi connectivity index (χ4v) is 7.07. The van der Waals surface area contributed by atoms with E-state index in [0.29, 0.717) is 28.6 Å². The number of nitrogens with zero attached hydrogens (tertiary/aromatic N) is 2. The van der Waals surface area contributed by atoms with Crippen molar-refractivity contribution in [2.75, 3.05) is 0 Å². The molecule has 8 aromatic rings. The van der Waals surface area contributed by atoms with E-state index in [9.17, 15) is 0 Å². The first-order valence-corrected chi connectivity index (χ1v) is 16.6. The summed E-state index contributed by atoms with van der Waals surface area (Å²) < 4.78 is 21.8. The van der Waals surface area contributed by atoms with Crippen LogP contribution in [0, 0.1) is 0 Å². The molecule has 0 amide bonds. The lowest BCUT2D eigenvalue weighted by Gasteiger charge is -2.24. The molecule has 1 aliphatic rings. The number of ether oxygens (including phenoxy) is 2. The molecule has 0 atom stereocenters. The van der Waals surface area contributed by atoms with E-state index in [1.165, 1.54) is 27.9 Å². The van der Waals surface area contributed by atoms with Gasteiger partial charge in [0.2, 0.25) is 5.75 Å². The van der Waals surface area contributed by atoms with Crippen LogP contribution in [-0.2, 0) is 0 Å². The minimum atomic E-state index is 0.267. The van der Waals surface area contributed by atoms with Gasteiger partial charge in [-0.2, -0.15) is 0 Å². The largest absolute Gasteiger partial charge is 0.451 e. The zero-order valence-electron chi connectivity index (χ0n) is 27.3. The lowest BCUT2D eigenvalue weighted by Crippen LogP contribution is -2.09. The van der Waals surface area contributed by atoms with E-state index in [1.807, 2.05) is 30.3 Å². The quantitative estimate of drug-likeness (QED) is 0.191. The second kappa shape index (κ2) is 10.9. The third-order valence-electron chi connectivity index (χ3n) is 9.41. The average Bonchev–Trinajstić information content (AvgIpc) is 3.69. The van der Waals surface area contributed by atoms with Crippen LogP contribution in [0.5, 0.6) is 23.0 Å². The van der Waals surface area contributed by atoms with Gasteiger partial charge >= 0.3 is 0 Å². The molecule has 0 spiro atoms. The number of fused-ring (bicyclic) bond motifs is 7. The molecule has 0 fully saturated rings. The summed E-state index contributed by atoms with van der Waals surface area (Å²) in [5, 5.41) is 1.97. The Hall–Kier alpha value is -5.81. The second-order valence-corrected chi connectivity index (χ2v) is 13.1. The predicted molar refractivity (Wildman–Crippen MR) is 194 cm³/mol. The van der Waals surface area contributed by atoms with Gasteiger partial charge < -0.3 is 13.9 Å². The SMILES string of the molecule is CC(C)c1cc(-c2ccccc2)cc(C(C)C)c1-n1c(-c2cccc3c2oc2c4c(ccc23)Oc2ccccc2O4)nc2ccccc21. The molecule has 0 unspecified atom stereocenters. The molecule has 5 heteroatoms. The van der Waals surface area contributed by atoms with Crippen LogP contribution in [-0.4, -0.2) is 9.55 Å². The summed E-state index contributed by atoms with van der Waals surface area (Å²) in [4.78, 5) is 5.33. The summed E-state index contributed by atoms with van der Waals surface area (Å²) in [6, 6.07) is 41.8. The Balaban J connectivity index is 1.32. The van der Waals surface area contributed by atoms with E-state index in [-0.39, 0.29) is 11.8 Å². The van der Waals surface area contributed by atoms with E-state index in [2.05, 4.69) is 123 Å². The van der Waals surface area contributed by atoms with E-state index in [4.69, 9.17) is 18.9 Å². The lowest BCUT2D eigenvalue weighted by molar-refractivity contribution is 0.359. The Morgan fingerprint density at radius 1 is 0.562 bits per heavy atom. The van der Waals surface area contributed by atoms with Crippen molar-refractivity contribution in [2.24, 2.45) is 0 Å². The van der Waals surface area contributed by atoms with Crippen LogP contribution >= 0.6 is 0 Å². The van der Waals surface area contributed by atoms with Crippen LogP contribution in [0.15, 0.2) is 126 Å². The molecule has 0 bridgehead atoms. The Labute approximate surface area is 279 Å². The number of rotatable bonds is 5. The van der Waals surface area contributed by atoms with Crippen molar-refractivity contribution in [3.63, 3.8) is 0 Å². The molecule has 0 radical (unpaired) electrons. The molecular weight excluding hydrogens is 592 g/mol. The first kappa shape index (κ1) is 28.4. The number of imidazole rings is 1. The number of para-hydroxylation sites is 5. The van der Waals surface area contributed by atoms with E-state index in [0.717, 1.165) is 38.8 Å². The van der Waals surface area contributed by atoms with Gasteiger partial charge in [-0.05, 0) is 88.7 Å². The molecule has 0 aliphatic carbocycles. The minimum absolute atomic E-state index is 0.267. The first-order valence-electron chi connectivity index (χ1n) is 16.6. The minimum Gasteiger partial charge on any atom is -0.451 e. The molecule has 1 aliphatic heterocycles. The van der Waals surface area contributed by atoms with Crippen LogP contribution in [0.1, 0.15) is 50.7 Å². The molecule has 0 N–H and O–H groups in total. The summed E-state index contributed by atoms with van der Waals surface area (Å²) in [5.41, 5.74) is 10.5. The summed E-state index contributed by atoms with van der Waals surface area (Å²) in [5.74, 6) is 3.95. The van der Waals surface area contributed by atoms with Gasteiger partial charge in [-0.25, -0.2) is 4.98 Å². The maximum absolute atomic E-state index is 6.81. The maximum Gasteiger partial charge on any atom is 0.213 e. The smallest absolute Gasteiger partial charge is 0.213 e. The molecule has 9 rings (SSSR count). The van der Waals surface area contributed by atoms with Gasteiger partial charge in [0, 0.05) is 10.8 Å². The molecule has 3 heterocycles. The molecule has 48 heavy (non-hydrogen) atoms. The van der Waals surface area contributed by atoms with E-state index in [1.54, 1.807) is 0 Å². The van der Waals surface area contributed by atoms with Crippen LogP contribution in [0.2, 0.25) is 0 Å². The van der Waals surface area contributed by atoms with Gasteiger partial charge in [-0.3, -0.25) is 4.57 Å². The predicted octanol–water partition coefficient (Wildman–Crippen LogP) is 12.4. The highest BCUT2D eigenvalue weighted by atomic mass is 16.6. The van der Waals surface area contributed by atoms with Crippen molar-refractivity contribution in [2.45, 2.75) is 39.5 Å². The van der Waals surface area contributed by atoms with Gasteiger partial charge in [-0.15, -0.1) is 0 Å². The molecule has 5 nitrogen and oxygen atoms in total. The fourth-order valence-electron chi connectivity index (χ4n) is 7.07. The number of furan rings is 1. The zero-order chi connectivity index (χ0) is 32.5. The molecule has 234 valence electrons. The van der Waals surface area contributed by atoms with Gasteiger partial charge in [0.15, 0.2) is 22.8 Å². The highest BCUT2D eigenvalue weighted by Crippen LogP contribution is 2.51. The van der Waals surface area contributed by atoms with Crippen LogP contribution in [0.3, 0.4) is 0 Å². The monoisotopic (exact) mass is 626 g/mol. The van der Waals surface area contributed by atoms with Crippen molar-refractivity contribution >= 4 is 33.0 Å². The van der Waals surface area contributed by atoms with Gasteiger partial charge in [0.05, 0.1) is 22.3 Å². The highest BCUT2D eigenvalue weighted by molar-refractivity contribution is 6.11. The molecule has 0 saturated carbocycles. The van der Waals surface area contributed by atoms with Crippen LogP contribution in [0.25, 0.3) is 61.2 Å². The average molecular weight is 627 g/mol. The van der Waals surface area contributed by atoms with Crippen molar-refractivity contribution in [1.82, 2.24) is 9.55 Å². The molecule has 6 aromatic carbocycles.